The molecule has 23 heavy (non-hydrogen) atoms. The van der Waals surface area contributed by atoms with Crippen LogP contribution in [0.15, 0.2) is 25.1 Å². The summed E-state index contributed by atoms with van der Waals surface area (Å²) in [5.41, 5.74) is 0. The minimum Gasteiger partial charge on any atom is -0.459 e. The van der Waals surface area contributed by atoms with Crippen LogP contribution in [-0.4, -0.2) is 42.1 Å². The molecule has 1 heterocycles. The van der Waals surface area contributed by atoms with Crippen molar-refractivity contribution in [3.8, 4) is 0 Å². The molecule has 0 amide bonds. The topological polar surface area (TPSA) is 32.8 Å². The van der Waals surface area contributed by atoms with E-state index in [1.807, 2.05) is 0 Å². The van der Waals surface area contributed by atoms with Crippen LogP contribution in [0.2, 0.25) is 0 Å². The molecule has 1 rings (SSSR count). The van der Waals surface area contributed by atoms with Gasteiger partial charge in [0.1, 0.15) is 6.10 Å². The van der Waals surface area contributed by atoms with Crippen LogP contribution >= 0.6 is 17.0 Å². The van der Waals surface area contributed by atoms with Gasteiger partial charge in [-0.3, -0.25) is 0 Å². The second-order valence-corrected chi connectivity index (χ2v) is 6.09. The van der Waals surface area contributed by atoms with Gasteiger partial charge in [-0.25, -0.2) is 4.79 Å². The van der Waals surface area contributed by atoms with Crippen molar-refractivity contribution in [3.63, 3.8) is 0 Å². The highest BCUT2D eigenvalue weighted by Gasteiger charge is 2.10. The minimum absolute atomic E-state index is 0. The molecule has 0 saturated heterocycles. The number of carbonyl (C=O) groups excluding carboxylic acids is 1. The van der Waals surface area contributed by atoms with Crippen LogP contribution in [0, 0.1) is 0 Å². The largest absolute Gasteiger partial charge is 0.459 e. The number of nitrogens with zero attached hydrogens (tertiary/aromatic N) is 2. The van der Waals surface area contributed by atoms with Gasteiger partial charge in [-0.05, 0) is 25.7 Å². The number of hydrogen-bond donors (Lipinski definition) is 0. The van der Waals surface area contributed by atoms with Gasteiger partial charge < -0.3 is 14.5 Å². The molecule has 5 heteroatoms. The van der Waals surface area contributed by atoms with E-state index in [-0.39, 0.29) is 29.1 Å². The number of unbranched alkanes of at least 4 members (excludes halogenated alkanes) is 5. The molecule has 1 aliphatic rings. The zero-order valence-electron chi connectivity index (χ0n) is 14.7. The highest BCUT2D eigenvalue weighted by molar-refractivity contribution is 8.93. The lowest BCUT2D eigenvalue weighted by Gasteiger charge is -2.17. The van der Waals surface area contributed by atoms with E-state index in [1.54, 1.807) is 0 Å². The van der Waals surface area contributed by atoms with E-state index in [0.717, 1.165) is 32.5 Å². The quantitative estimate of drug-likeness (QED) is 0.280. The molecule has 0 aromatic carbocycles. The van der Waals surface area contributed by atoms with E-state index in [0.29, 0.717) is 0 Å². The Bertz CT molecular complexity index is 361. The van der Waals surface area contributed by atoms with Crippen molar-refractivity contribution in [2.75, 3.05) is 20.3 Å². The molecular formula is C18H33BrN2O2. The van der Waals surface area contributed by atoms with Crippen LogP contribution in [0.4, 0.5) is 0 Å². The third-order valence-corrected chi connectivity index (χ3v) is 4.06. The average Bonchev–Trinajstić information content (AvgIpc) is 2.93. The second-order valence-electron chi connectivity index (χ2n) is 6.09. The molecule has 1 atom stereocenters. The molecule has 0 N–H and O–H groups in total. The smallest absolute Gasteiger partial charge is 0.330 e. The first-order chi connectivity index (χ1) is 10.7. The molecule has 1 aliphatic heterocycles. The first-order valence-electron chi connectivity index (χ1n) is 8.61. The summed E-state index contributed by atoms with van der Waals surface area (Å²) in [4.78, 5) is 15.7. The van der Waals surface area contributed by atoms with Gasteiger partial charge in [0.05, 0.1) is 6.67 Å². The number of hydrogen-bond acceptors (Lipinski definition) is 4. The van der Waals surface area contributed by atoms with E-state index in [2.05, 4.69) is 42.8 Å². The highest BCUT2D eigenvalue weighted by Crippen LogP contribution is 2.13. The molecule has 0 aromatic heterocycles. The Morgan fingerprint density at radius 2 is 1.87 bits per heavy atom. The van der Waals surface area contributed by atoms with Crippen molar-refractivity contribution in [1.82, 2.24) is 9.80 Å². The molecule has 1 unspecified atom stereocenters. The minimum atomic E-state index is -0.298. The van der Waals surface area contributed by atoms with Crippen LogP contribution < -0.4 is 0 Å². The first kappa shape index (κ1) is 22.0. The highest BCUT2D eigenvalue weighted by atomic mass is 79.9. The molecule has 0 aromatic rings. The fraction of sp³-hybridized carbons (Fsp3) is 0.722. The Labute approximate surface area is 152 Å². The lowest BCUT2D eigenvalue weighted by atomic mass is 10.1. The van der Waals surface area contributed by atoms with E-state index < -0.39 is 0 Å². The summed E-state index contributed by atoms with van der Waals surface area (Å²) in [5.74, 6) is -0.298. The molecule has 0 bridgehead atoms. The molecule has 0 spiro atoms. The SMILES string of the molecule is Br.C=CC(=O)OC(CC)CCCCCCCCN1C=CN(C)C1. The molecular weight excluding hydrogens is 356 g/mol. The van der Waals surface area contributed by atoms with Gasteiger partial charge in [0.2, 0.25) is 0 Å². The third-order valence-electron chi connectivity index (χ3n) is 4.06. The second kappa shape index (κ2) is 13.5. The Morgan fingerprint density at radius 3 is 2.43 bits per heavy atom. The van der Waals surface area contributed by atoms with Crippen LogP contribution in [0.3, 0.4) is 0 Å². The van der Waals surface area contributed by atoms with Gasteiger partial charge in [0.25, 0.3) is 0 Å². The summed E-state index contributed by atoms with van der Waals surface area (Å²) < 4.78 is 5.29. The normalized spacial score (nSPS) is 14.5. The van der Waals surface area contributed by atoms with Crippen LogP contribution in [0.5, 0.6) is 0 Å². The van der Waals surface area contributed by atoms with Crippen molar-refractivity contribution in [2.45, 2.75) is 64.4 Å². The van der Waals surface area contributed by atoms with Crippen molar-refractivity contribution in [1.29, 1.82) is 0 Å². The number of rotatable bonds is 12. The molecule has 0 aliphatic carbocycles. The van der Waals surface area contributed by atoms with Crippen molar-refractivity contribution in [3.05, 3.63) is 25.1 Å². The van der Waals surface area contributed by atoms with Gasteiger partial charge in [-0.15, -0.1) is 17.0 Å². The van der Waals surface area contributed by atoms with Gasteiger partial charge >= 0.3 is 5.97 Å². The summed E-state index contributed by atoms with van der Waals surface area (Å²) in [6.07, 6.45) is 15.0. The average molecular weight is 389 g/mol. The van der Waals surface area contributed by atoms with E-state index in [4.69, 9.17) is 4.74 Å². The third kappa shape index (κ3) is 10.4. The lowest BCUT2D eigenvalue weighted by Crippen LogP contribution is -2.23. The van der Waals surface area contributed by atoms with Gasteiger partial charge in [-0.2, -0.15) is 0 Å². The maximum absolute atomic E-state index is 11.2. The van der Waals surface area contributed by atoms with Crippen molar-refractivity contribution >= 4 is 23.0 Å². The Kier molecular flexibility index (Phi) is 12.9. The van der Waals surface area contributed by atoms with Crippen LogP contribution in [-0.2, 0) is 9.53 Å². The Balaban J connectivity index is 0.00000484. The fourth-order valence-electron chi connectivity index (χ4n) is 2.69. The summed E-state index contributed by atoms with van der Waals surface area (Å²) in [5, 5.41) is 0. The van der Waals surface area contributed by atoms with Crippen LogP contribution in [0.25, 0.3) is 0 Å². The maximum atomic E-state index is 11.2. The molecule has 134 valence electrons. The number of esters is 1. The van der Waals surface area contributed by atoms with Gasteiger partial charge in [0, 0.05) is 32.1 Å². The number of ether oxygens (including phenoxy) is 1. The van der Waals surface area contributed by atoms with E-state index in [9.17, 15) is 4.79 Å². The first-order valence-corrected chi connectivity index (χ1v) is 8.61. The van der Waals surface area contributed by atoms with Gasteiger partial charge in [0.15, 0.2) is 0 Å². The number of halogens is 1. The zero-order valence-corrected chi connectivity index (χ0v) is 16.4. The predicted octanol–water partition coefficient (Wildman–Crippen LogP) is 4.48. The fourth-order valence-corrected chi connectivity index (χ4v) is 2.69. The lowest BCUT2D eigenvalue weighted by molar-refractivity contribution is -0.143. The number of carbonyl (C=O) groups is 1. The Hall–Kier alpha value is -0.970. The monoisotopic (exact) mass is 388 g/mol. The summed E-state index contributed by atoms with van der Waals surface area (Å²) in [6.45, 7) is 7.69. The van der Waals surface area contributed by atoms with Crippen LogP contribution in [0.1, 0.15) is 58.3 Å². The molecule has 0 fully saturated rings. The van der Waals surface area contributed by atoms with Crippen molar-refractivity contribution in [2.24, 2.45) is 0 Å². The molecule has 0 saturated carbocycles. The van der Waals surface area contributed by atoms with E-state index in [1.165, 1.54) is 38.2 Å². The van der Waals surface area contributed by atoms with Gasteiger partial charge in [-0.1, -0.05) is 39.2 Å². The molecule has 4 nitrogen and oxygen atoms in total. The van der Waals surface area contributed by atoms with Crippen molar-refractivity contribution < 1.29 is 9.53 Å². The Morgan fingerprint density at radius 1 is 1.22 bits per heavy atom. The summed E-state index contributed by atoms with van der Waals surface area (Å²) >= 11 is 0. The zero-order chi connectivity index (χ0) is 16.2. The maximum Gasteiger partial charge on any atom is 0.330 e. The summed E-state index contributed by atoms with van der Waals surface area (Å²) in [7, 11) is 2.10. The van der Waals surface area contributed by atoms with E-state index >= 15 is 0 Å². The molecule has 0 radical (unpaired) electrons. The predicted molar refractivity (Wildman–Crippen MR) is 101 cm³/mol. The standard InChI is InChI=1S/C18H32N2O2.BrH/c1-4-17(22-18(21)5-2)12-10-8-6-7-9-11-13-20-15-14-19(3)16-20;/h5,14-15,17H,2,4,6-13,16H2,1,3H3;1H. The summed E-state index contributed by atoms with van der Waals surface area (Å²) in [6, 6.07) is 0.